The van der Waals surface area contributed by atoms with Crippen molar-refractivity contribution >= 4 is 17.6 Å². The highest BCUT2D eigenvalue weighted by Gasteiger charge is 2.05. The molecular formula is C27H26O4. The highest BCUT2D eigenvalue weighted by atomic mass is 16.5. The van der Waals surface area contributed by atoms with Crippen LogP contribution in [0, 0.1) is 24.2 Å². The predicted molar refractivity (Wildman–Crippen MR) is 122 cm³/mol. The second kappa shape index (κ2) is 12.9. The third kappa shape index (κ3) is 8.74. The van der Waals surface area contributed by atoms with Crippen molar-refractivity contribution in [3.63, 3.8) is 0 Å². The van der Waals surface area contributed by atoms with Crippen LogP contribution in [0.15, 0.2) is 49.0 Å². The molecule has 0 aliphatic rings. The van der Waals surface area contributed by atoms with Crippen molar-refractivity contribution < 1.29 is 19.1 Å². The first-order chi connectivity index (χ1) is 15.0. The summed E-state index contributed by atoms with van der Waals surface area (Å²) in [5.41, 5.74) is 4.19. The van der Waals surface area contributed by atoms with Gasteiger partial charge in [0.1, 0.15) is 12.4 Å². The minimum atomic E-state index is -0.395. The molecule has 0 saturated carbocycles. The van der Waals surface area contributed by atoms with Gasteiger partial charge in [0, 0.05) is 6.42 Å². The number of ketones is 2. The summed E-state index contributed by atoms with van der Waals surface area (Å²) >= 11 is 0. The van der Waals surface area contributed by atoms with E-state index in [1.807, 2.05) is 43.2 Å². The van der Waals surface area contributed by atoms with Crippen molar-refractivity contribution in [2.75, 3.05) is 13.2 Å². The smallest absolute Gasteiger partial charge is 0.242 e. The Morgan fingerprint density at radius 1 is 1.00 bits per heavy atom. The predicted octanol–water partition coefficient (Wildman–Crippen LogP) is 4.20. The topological polar surface area (TPSA) is 52.6 Å². The summed E-state index contributed by atoms with van der Waals surface area (Å²) in [5.74, 6) is 7.32. The van der Waals surface area contributed by atoms with Gasteiger partial charge in [0.25, 0.3) is 0 Å². The van der Waals surface area contributed by atoms with Crippen molar-refractivity contribution in [3.8, 4) is 29.9 Å². The number of hydrogen-bond acceptors (Lipinski definition) is 4. The number of aryl methyl sites for hydroxylation is 2. The molecular weight excluding hydrogens is 388 g/mol. The molecule has 4 nitrogen and oxygen atoms in total. The Balaban J connectivity index is 1.89. The molecule has 0 radical (unpaired) electrons. The molecule has 31 heavy (non-hydrogen) atoms. The molecule has 0 unspecified atom stereocenters. The van der Waals surface area contributed by atoms with Crippen LogP contribution in [0.25, 0.3) is 6.08 Å². The van der Waals surface area contributed by atoms with Gasteiger partial charge >= 0.3 is 0 Å². The Bertz CT molecular complexity index is 1010. The molecule has 2 rings (SSSR count). The molecule has 0 bridgehead atoms. The van der Waals surface area contributed by atoms with E-state index in [1.165, 1.54) is 5.56 Å². The normalized spacial score (nSPS) is 9.81. The van der Waals surface area contributed by atoms with E-state index in [2.05, 4.69) is 30.6 Å². The first kappa shape index (κ1) is 23.7. The van der Waals surface area contributed by atoms with Gasteiger partial charge in [-0.05, 0) is 59.1 Å². The maximum Gasteiger partial charge on any atom is 0.242 e. The van der Waals surface area contributed by atoms with Crippen molar-refractivity contribution in [2.45, 2.75) is 32.8 Å². The Kier molecular flexibility index (Phi) is 9.82. The van der Waals surface area contributed by atoms with E-state index in [-0.39, 0.29) is 19.0 Å². The van der Waals surface area contributed by atoms with Gasteiger partial charge in [0.05, 0.1) is 6.61 Å². The quantitative estimate of drug-likeness (QED) is 0.409. The van der Waals surface area contributed by atoms with E-state index in [9.17, 15) is 9.59 Å². The molecule has 158 valence electrons. The standard InChI is InChI=1S/C27H26O4/c1-4-7-8-26(29)19-30-18-23-12-9-22(10-13-23)11-14-24-15-21(5-2)16-27(17-24)31-20-25(28)6-3/h3,5,9-10,12-13,15-17H,2,4,11,14,18-20H2,1H3. The Morgan fingerprint density at radius 2 is 1.71 bits per heavy atom. The fraction of sp³-hybridized carbons (Fsp3) is 0.259. The number of hydrogen-bond donors (Lipinski definition) is 0. The zero-order chi connectivity index (χ0) is 22.5. The summed E-state index contributed by atoms with van der Waals surface area (Å²) in [6.07, 6.45) is 9.13. The van der Waals surface area contributed by atoms with Crippen LogP contribution >= 0.6 is 0 Å². The molecule has 0 N–H and O–H groups in total. The SMILES string of the molecule is C#CC(=O)COc1cc(C=C)cc(CCc2ccc(COCC(=O)C#CCC)cc2)c1. The van der Waals surface area contributed by atoms with E-state index < -0.39 is 5.78 Å². The lowest BCUT2D eigenvalue weighted by Gasteiger charge is -2.09. The van der Waals surface area contributed by atoms with Crippen LogP contribution in [0.3, 0.4) is 0 Å². The largest absolute Gasteiger partial charge is 0.485 e. The van der Waals surface area contributed by atoms with Crippen molar-refractivity contribution in [1.82, 2.24) is 0 Å². The average molecular weight is 415 g/mol. The van der Waals surface area contributed by atoms with Gasteiger partial charge in [-0.2, -0.15) is 0 Å². The third-order valence-corrected chi connectivity index (χ3v) is 4.39. The van der Waals surface area contributed by atoms with E-state index in [0.29, 0.717) is 18.8 Å². The summed E-state index contributed by atoms with van der Waals surface area (Å²) in [4.78, 5) is 22.8. The number of Topliss-reactive ketones (excluding diaryl/α,β-unsaturated/α-hetero) is 2. The summed E-state index contributed by atoms with van der Waals surface area (Å²) in [5, 5.41) is 0. The molecule has 0 saturated heterocycles. The van der Waals surface area contributed by atoms with Crippen LogP contribution in [0.1, 0.15) is 35.6 Å². The van der Waals surface area contributed by atoms with Crippen molar-refractivity contribution in [3.05, 3.63) is 71.3 Å². The maximum atomic E-state index is 11.5. The highest BCUT2D eigenvalue weighted by molar-refractivity contribution is 5.96. The number of benzene rings is 2. The zero-order valence-corrected chi connectivity index (χ0v) is 17.8. The molecule has 4 heteroatoms. The molecule has 0 amide bonds. The zero-order valence-electron chi connectivity index (χ0n) is 17.8. The second-order valence-corrected chi connectivity index (χ2v) is 6.86. The Labute approximate surface area is 184 Å². The van der Waals surface area contributed by atoms with Gasteiger partial charge in [-0.25, -0.2) is 0 Å². The van der Waals surface area contributed by atoms with Crippen molar-refractivity contribution in [1.29, 1.82) is 0 Å². The van der Waals surface area contributed by atoms with Crippen LogP contribution in [0.5, 0.6) is 5.75 Å². The lowest BCUT2D eigenvalue weighted by atomic mass is 10.0. The molecule has 0 spiro atoms. The molecule has 0 atom stereocenters. The van der Waals surface area contributed by atoms with Crippen LogP contribution < -0.4 is 4.74 Å². The molecule has 0 aliphatic heterocycles. The number of terminal acetylenes is 1. The third-order valence-electron chi connectivity index (χ3n) is 4.39. The van der Waals surface area contributed by atoms with Gasteiger partial charge in [0.15, 0.2) is 6.61 Å². The highest BCUT2D eigenvalue weighted by Crippen LogP contribution is 2.20. The first-order valence-electron chi connectivity index (χ1n) is 10.1. The molecule has 0 fully saturated rings. The average Bonchev–Trinajstić information content (AvgIpc) is 2.80. The minimum Gasteiger partial charge on any atom is -0.485 e. The van der Waals surface area contributed by atoms with E-state index in [4.69, 9.17) is 15.9 Å². The van der Waals surface area contributed by atoms with Gasteiger partial charge in [-0.3, -0.25) is 9.59 Å². The summed E-state index contributed by atoms with van der Waals surface area (Å²) in [6, 6.07) is 13.9. The molecule has 2 aromatic carbocycles. The second-order valence-electron chi connectivity index (χ2n) is 6.86. The fourth-order valence-electron chi connectivity index (χ4n) is 2.80. The Morgan fingerprint density at radius 3 is 2.39 bits per heavy atom. The lowest BCUT2D eigenvalue weighted by molar-refractivity contribution is -0.118. The first-order valence-corrected chi connectivity index (χ1v) is 10.1. The number of rotatable bonds is 11. The molecule has 0 heterocycles. The van der Waals surface area contributed by atoms with E-state index in [1.54, 1.807) is 6.08 Å². The summed E-state index contributed by atoms with van der Waals surface area (Å²) in [6.45, 7) is 5.94. The number of carbonyl (C=O) groups is 2. The number of carbonyl (C=O) groups excluding carboxylic acids is 2. The van der Waals surface area contributed by atoms with E-state index in [0.717, 1.165) is 29.5 Å². The van der Waals surface area contributed by atoms with Gasteiger partial charge in [-0.15, -0.1) is 6.42 Å². The lowest BCUT2D eigenvalue weighted by Crippen LogP contribution is -2.08. The fourth-order valence-corrected chi connectivity index (χ4v) is 2.80. The summed E-state index contributed by atoms with van der Waals surface area (Å²) in [7, 11) is 0. The monoisotopic (exact) mass is 414 g/mol. The van der Waals surface area contributed by atoms with Crippen LogP contribution in [-0.2, 0) is 33.8 Å². The Hall–Kier alpha value is -3.60. The van der Waals surface area contributed by atoms with E-state index >= 15 is 0 Å². The molecule has 2 aromatic rings. The van der Waals surface area contributed by atoms with Gasteiger partial charge < -0.3 is 9.47 Å². The van der Waals surface area contributed by atoms with Crippen LogP contribution in [0.2, 0.25) is 0 Å². The molecule has 0 aromatic heterocycles. The number of ether oxygens (including phenoxy) is 2. The van der Waals surface area contributed by atoms with Crippen LogP contribution in [0.4, 0.5) is 0 Å². The van der Waals surface area contributed by atoms with Gasteiger partial charge in [-0.1, -0.05) is 55.8 Å². The maximum absolute atomic E-state index is 11.5. The van der Waals surface area contributed by atoms with Gasteiger partial charge in [0.2, 0.25) is 11.6 Å². The summed E-state index contributed by atoms with van der Waals surface area (Å²) < 4.78 is 10.9. The van der Waals surface area contributed by atoms with Crippen LogP contribution in [-0.4, -0.2) is 24.8 Å². The minimum absolute atomic E-state index is 0.00569. The van der Waals surface area contributed by atoms with Crippen molar-refractivity contribution in [2.24, 2.45) is 0 Å². The molecule has 0 aliphatic carbocycles.